The number of fused-ring (bicyclic) bond motifs is 1. The molecule has 0 radical (unpaired) electrons. The molecule has 1 aliphatic heterocycles. The molecule has 1 atom stereocenters. The molecule has 6 heteroatoms. The summed E-state index contributed by atoms with van der Waals surface area (Å²) in [6.07, 6.45) is 8.73. The van der Waals surface area contributed by atoms with Crippen molar-refractivity contribution in [3.8, 4) is 5.75 Å². The van der Waals surface area contributed by atoms with Crippen LogP contribution in [-0.2, 0) is 16.0 Å². The molecule has 0 aliphatic carbocycles. The molecule has 1 unspecified atom stereocenters. The lowest BCUT2D eigenvalue weighted by Crippen LogP contribution is -2.38. The second kappa shape index (κ2) is 12.2. The minimum absolute atomic E-state index is 0.00827. The van der Waals surface area contributed by atoms with Gasteiger partial charge in [-0.05, 0) is 55.4 Å². The fraction of sp³-hybridized carbons (Fsp3) is 0.519. The second-order valence-corrected chi connectivity index (χ2v) is 11.3. The molecule has 0 fully saturated rings. The number of carbonyl (C=O) groups is 1. The molecule has 1 aliphatic rings. The molecule has 0 bridgehead atoms. The maximum atomic E-state index is 13.9. The van der Waals surface area contributed by atoms with Crippen molar-refractivity contribution in [3.63, 3.8) is 0 Å². The molecule has 0 aromatic heterocycles. The summed E-state index contributed by atoms with van der Waals surface area (Å²) in [6.45, 7) is 6.87. The lowest BCUT2D eigenvalue weighted by Gasteiger charge is -2.36. The maximum Gasteiger partial charge on any atom is 0.180 e. The number of thioether (sulfide) groups is 1. The summed E-state index contributed by atoms with van der Waals surface area (Å²) in [4.78, 5) is 15.7. The summed E-state index contributed by atoms with van der Waals surface area (Å²) in [6, 6.07) is 14.5. The highest BCUT2D eigenvalue weighted by Crippen LogP contribution is 2.47. The lowest BCUT2D eigenvalue weighted by atomic mass is 9.79. The van der Waals surface area contributed by atoms with Gasteiger partial charge in [-0.25, -0.2) is 0 Å². The van der Waals surface area contributed by atoms with Crippen LogP contribution in [0.3, 0.4) is 0 Å². The quantitative estimate of drug-likeness (QED) is 0.252. The number of ether oxygens (including phenoxy) is 1. The minimum atomic E-state index is -1.15. The molecule has 3 rings (SSSR count). The summed E-state index contributed by atoms with van der Waals surface area (Å²) in [5, 5.41) is 0. The molecule has 2 aromatic rings. The fourth-order valence-corrected chi connectivity index (χ4v) is 6.85. The predicted octanol–water partition coefficient (Wildman–Crippen LogP) is 7.00. The Kier molecular flexibility index (Phi) is 9.59. The first kappa shape index (κ1) is 26.0. The van der Waals surface area contributed by atoms with Gasteiger partial charge in [0.15, 0.2) is 10.7 Å². The highest BCUT2D eigenvalue weighted by atomic mass is 32.2. The molecule has 4 nitrogen and oxygen atoms in total. The van der Waals surface area contributed by atoms with Gasteiger partial charge in [-0.1, -0.05) is 57.7 Å². The van der Waals surface area contributed by atoms with E-state index in [1.807, 2.05) is 18.4 Å². The Labute approximate surface area is 206 Å². The monoisotopic (exact) mass is 487 g/mol. The summed E-state index contributed by atoms with van der Waals surface area (Å²) in [5.74, 6) is 1.28. The lowest BCUT2D eigenvalue weighted by molar-refractivity contribution is -0.118. The minimum Gasteiger partial charge on any atom is -0.611 e. The van der Waals surface area contributed by atoms with E-state index in [9.17, 15) is 9.35 Å². The number of para-hydroxylation sites is 1. The van der Waals surface area contributed by atoms with E-state index in [2.05, 4.69) is 49.1 Å². The van der Waals surface area contributed by atoms with Crippen molar-refractivity contribution in [3.05, 3.63) is 42.5 Å². The number of unbranched alkanes of at least 4 members (excludes halogenated alkanes) is 2. The van der Waals surface area contributed by atoms with Crippen LogP contribution in [0.25, 0.3) is 0 Å². The first-order chi connectivity index (χ1) is 15.9. The van der Waals surface area contributed by atoms with Gasteiger partial charge in [0, 0.05) is 23.7 Å². The highest BCUT2D eigenvalue weighted by molar-refractivity contribution is 7.98. The largest absolute Gasteiger partial charge is 0.611 e. The van der Waals surface area contributed by atoms with Crippen molar-refractivity contribution in [1.29, 1.82) is 0 Å². The van der Waals surface area contributed by atoms with E-state index < -0.39 is 11.2 Å². The van der Waals surface area contributed by atoms with Crippen LogP contribution in [0.5, 0.6) is 5.75 Å². The Morgan fingerprint density at radius 2 is 1.82 bits per heavy atom. The van der Waals surface area contributed by atoms with Gasteiger partial charge in [-0.2, -0.15) is 0 Å². The van der Waals surface area contributed by atoms with E-state index in [1.165, 1.54) is 6.92 Å². The van der Waals surface area contributed by atoms with Crippen LogP contribution in [0.4, 0.5) is 11.4 Å². The van der Waals surface area contributed by atoms with Crippen molar-refractivity contribution >= 4 is 40.1 Å². The van der Waals surface area contributed by atoms with Gasteiger partial charge in [-0.15, -0.1) is 11.8 Å². The first-order valence-electron chi connectivity index (χ1n) is 12.0. The summed E-state index contributed by atoms with van der Waals surface area (Å²) in [7, 11) is 0. The molecule has 0 saturated heterocycles. The van der Waals surface area contributed by atoms with Gasteiger partial charge >= 0.3 is 0 Å². The number of anilines is 2. The van der Waals surface area contributed by atoms with Gasteiger partial charge in [-0.3, -0.25) is 4.79 Å². The Morgan fingerprint density at radius 1 is 1.15 bits per heavy atom. The number of carbonyl (C=O) groups excluding carboxylic acids is 1. The first-order valence-corrected chi connectivity index (χ1v) is 14.5. The third kappa shape index (κ3) is 6.49. The molecular formula is C27H37NO3S2. The molecule has 1 heterocycles. The number of ketones is 1. The van der Waals surface area contributed by atoms with Crippen LogP contribution in [-0.4, -0.2) is 35.5 Å². The Bertz CT molecular complexity index is 911. The van der Waals surface area contributed by atoms with E-state index >= 15 is 0 Å². The van der Waals surface area contributed by atoms with Crippen molar-refractivity contribution in [2.24, 2.45) is 5.41 Å². The van der Waals surface area contributed by atoms with Crippen LogP contribution in [0.15, 0.2) is 52.3 Å². The molecule has 2 aromatic carbocycles. The fourth-order valence-electron chi connectivity index (χ4n) is 4.57. The van der Waals surface area contributed by atoms with Gasteiger partial charge in [0.2, 0.25) is 0 Å². The number of rotatable bonds is 11. The van der Waals surface area contributed by atoms with Crippen LogP contribution < -0.4 is 9.64 Å². The van der Waals surface area contributed by atoms with Gasteiger partial charge in [0.25, 0.3) is 0 Å². The molecule has 33 heavy (non-hydrogen) atoms. The SMILES string of the molecule is CCCCC1(CCCC)CN(c2ccccc2)c2cc(SC)c(OCC(C)=O)cc2[S+]([O-])C1. The molecule has 0 N–H and O–H groups in total. The summed E-state index contributed by atoms with van der Waals surface area (Å²) >= 11 is 0.437. The third-order valence-electron chi connectivity index (χ3n) is 6.33. The van der Waals surface area contributed by atoms with Crippen LogP contribution in [0, 0.1) is 5.41 Å². The summed E-state index contributed by atoms with van der Waals surface area (Å²) < 4.78 is 19.7. The Balaban J connectivity index is 2.14. The normalized spacial score (nSPS) is 17.4. The number of hydrogen-bond acceptors (Lipinski definition) is 5. The van der Waals surface area contributed by atoms with Gasteiger partial charge < -0.3 is 14.2 Å². The van der Waals surface area contributed by atoms with Crippen molar-refractivity contribution in [2.45, 2.75) is 69.1 Å². The maximum absolute atomic E-state index is 13.9. The number of benzene rings is 2. The number of Topliss-reactive ketones (excluding diaryl/α,β-unsaturated/α-hetero) is 1. The topological polar surface area (TPSA) is 52.6 Å². The van der Waals surface area contributed by atoms with Crippen molar-refractivity contribution in [2.75, 3.05) is 30.1 Å². The highest BCUT2D eigenvalue weighted by Gasteiger charge is 2.42. The number of nitrogens with zero attached hydrogens (tertiary/aromatic N) is 1. The Morgan fingerprint density at radius 3 is 2.39 bits per heavy atom. The summed E-state index contributed by atoms with van der Waals surface area (Å²) in [5.41, 5.74) is 2.11. The average Bonchev–Trinajstić information content (AvgIpc) is 2.94. The van der Waals surface area contributed by atoms with E-state index in [4.69, 9.17) is 4.74 Å². The van der Waals surface area contributed by atoms with E-state index in [0.29, 0.717) is 11.5 Å². The van der Waals surface area contributed by atoms with Crippen LogP contribution >= 0.6 is 11.8 Å². The van der Waals surface area contributed by atoms with Crippen molar-refractivity contribution in [1.82, 2.24) is 0 Å². The zero-order valence-electron chi connectivity index (χ0n) is 20.4. The smallest absolute Gasteiger partial charge is 0.180 e. The predicted molar refractivity (Wildman–Crippen MR) is 141 cm³/mol. The van der Waals surface area contributed by atoms with E-state index in [1.54, 1.807) is 11.8 Å². The standard InChI is InChI=1S/C27H37NO3S2/c1-5-7-14-27(15-8-6-2)19-28(22-12-10-9-11-13-22)23-16-25(32-4)24(31-18-21(3)29)17-26(23)33(30)20-27/h9-13,16-17H,5-8,14-15,18-20H2,1-4H3. The zero-order chi connectivity index (χ0) is 23.8. The van der Waals surface area contributed by atoms with Crippen LogP contribution in [0.2, 0.25) is 0 Å². The van der Waals surface area contributed by atoms with E-state index in [0.717, 1.165) is 66.2 Å². The molecule has 0 spiro atoms. The average molecular weight is 488 g/mol. The van der Waals surface area contributed by atoms with Gasteiger partial charge in [0.05, 0.1) is 10.6 Å². The molecular weight excluding hydrogens is 450 g/mol. The molecule has 180 valence electrons. The molecule has 0 saturated carbocycles. The number of hydrogen-bond donors (Lipinski definition) is 0. The second-order valence-electron chi connectivity index (χ2n) is 9.08. The Hall–Kier alpha value is -1.63. The van der Waals surface area contributed by atoms with Crippen LogP contribution in [0.1, 0.15) is 59.3 Å². The van der Waals surface area contributed by atoms with E-state index in [-0.39, 0.29) is 17.8 Å². The van der Waals surface area contributed by atoms with Gasteiger partial charge in [0.1, 0.15) is 18.1 Å². The zero-order valence-corrected chi connectivity index (χ0v) is 22.0. The van der Waals surface area contributed by atoms with Crippen molar-refractivity contribution < 1.29 is 14.1 Å². The third-order valence-corrected chi connectivity index (χ3v) is 8.78. The molecule has 0 amide bonds.